The number of ether oxygens (including phenoxy) is 2. The molecule has 0 bridgehead atoms. The molecule has 4 rings (SSSR count). The Morgan fingerprint density at radius 3 is 2.62 bits per heavy atom. The molecule has 1 aliphatic heterocycles. The fraction of sp³-hybridized carbons (Fsp3) is 0.300. The van der Waals surface area contributed by atoms with Gasteiger partial charge < -0.3 is 20.2 Å². The number of nitrogens with two attached hydrogens (primary N) is 1. The van der Waals surface area contributed by atoms with Crippen LogP contribution in [0.3, 0.4) is 0 Å². The maximum absolute atomic E-state index is 14.3. The summed E-state index contributed by atoms with van der Waals surface area (Å²) in [5.41, 5.74) is 8.44. The van der Waals surface area contributed by atoms with Crippen LogP contribution in [-0.2, 0) is 6.42 Å². The molecule has 0 aliphatic carbocycles. The second-order valence-corrected chi connectivity index (χ2v) is 6.39. The van der Waals surface area contributed by atoms with Crippen LogP contribution in [0.25, 0.3) is 22.2 Å². The molecule has 0 radical (unpaired) electrons. The van der Waals surface area contributed by atoms with E-state index < -0.39 is 11.6 Å². The first-order chi connectivity index (χ1) is 12.7. The van der Waals surface area contributed by atoms with E-state index in [2.05, 4.69) is 4.98 Å². The van der Waals surface area contributed by atoms with Crippen molar-refractivity contribution in [1.82, 2.24) is 4.98 Å². The number of fused-ring (bicyclic) bond motifs is 2. The van der Waals surface area contributed by atoms with Gasteiger partial charge in [0.05, 0.1) is 5.52 Å². The standard InChI is InChI=1S/C20H20F2N2O2/c21-13-10-15-14(3-1-2-6-23)19(24-20(15)16(22)11-13)12-4-5-17-18(9-12)26-8-7-25-17/h4-5,9-11,24H,1-3,6-8,23H2. The lowest BCUT2D eigenvalue weighted by Gasteiger charge is -2.19. The maximum Gasteiger partial charge on any atom is 0.162 e. The van der Waals surface area contributed by atoms with Gasteiger partial charge in [-0.3, -0.25) is 0 Å². The number of nitrogens with one attached hydrogen (secondary N) is 1. The molecule has 0 amide bonds. The molecule has 0 unspecified atom stereocenters. The normalized spacial score (nSPS) is 13.3. The van der Waals surface area contributed by atoms with Gasteiger partial charge in [-0.1, -0.05) is 0 Å². The molecule has 2 aromatic carbocycles. The van der Waals surface area contributed by atoms with E-state index in [0.717, 1.165) is 35.7 Å². The van der Waals surface area contributed by atoms with Gasteiger partial charge in [-0.2, -0.15) is 0 Å². The smallest absolute Gasteiger partial charge is 0.162 e. The molecule has 0 saturated carbocycles. The van der Waals surface area contributed by atoms with Crippen molar-refractivity contribution in [1.29, 1.82) is 0 Å². The van der Waals surface area contributed by atoms with Crippen LogP contribution in [-0.4, -0.2) is 24.7 Å². The predicted octanol–water partition coefficient (Wildman–Crippen LogP) is 4.17. The molecular formula is C20H20F2N2O2. The predicted molar refractivity (Wildman–Crippen MR) is 96.6 cm³/mol. The Hall–Kier alpha value is -2.60. The Morgan fingerprint density at radius 2 is 1.81 bits per heavy atom. The molecule has 0 saturated heterocycles. The minimum absolute atomic E-state index is 0.319. The fourth-order valence-corrected chi connectivity index (χ4v) is 3.42. The summed E-state index contributed by atoms with van der Waals surface area (Å²) in [6, 6.07) is 7.90. The number of H-pyrrole nitrogens is 1. The second-order valence-electron chi connectivity index (χ2n) is 6.39. The number of aryl methyl sites for hydroxylation is 1. The molecule has 136 valence electrons. The second kappa shape index (κ2) is 6.96. The topological polar surface area (TPSA) is 60.3 Å². The van der Waals surface area contributed by atoms with E-state index in [1.807, 2.05) is 18.2 Å². The van der Waals surface area contributed by atoms with Gasteiger partial charge in [-0.05, 0) is 55.6 Å². The Balaban J connectivity index is 1.85. The molecule has 3 N–H and O–H groups in total. The van der Waals surface area contributed by atoms with Crippen molar-refractivity contribution in [2.24, 2.45) is 5.73 Å². The van der Waals surface area contributed by atoms with Crippen LogP contribution in [0, 0.1) is 11.6 Å². The molecule has 0 atom stereocenters. The zero-order valence-electron chi connectivity index (χ0n) is 14.3. The number of hydrogen-bond acceptors (Lipinski definition) is 3. The number of unbranched alkanes of at least 4 members (excludes halogenated alkanes) is 1. The maximum atomic E-state index is 14.3. The van der Waals surface area contributed by atoms with Crippen molar-refractivity contribution < 1.29 is 18.3 Å². The summed E-state index contributed by atoms with van der Waals surface area (Å²) in [4.78, 5) is 3.14. The van der Waals surface area contributed by atoms with E-state index in [4.69, 9.17) is 15.2 Å². The Labute approximate surface area is 149 Å². The number of aromatic nitrogens is 1. The molecule has 1 aliphatic rings. The van der Waals surface area contributed by atoms with E-state index in [-0.39, 0.29) is 0 Å². The molecule has 1 aromatic heterocycles. The summed E-state index contributed by atoms with van der Waals surface area (Å²) >= 11 is 0. The van der Waals surface area contributed by atoms with Crippen LogP contribution in [0.4, 0.5) is 8.78 Å². The average molecular weight is 358 g/mol. The fourth-order valence-electron chi connectivity index (χ4n) is 3.42. The van der Waals surface area contributed by atoms with E-state index in [0.29, 0.717) is 48.6 Å². The molecule has 0 fully saturated rings. The molecule has 3 aromatic rings. The molecule has 0 spiro atoms. The summed E-state index contributed by atoms with van der Waals surface area (Å²) in [6.07, 6.45) is 2.38. The van der Waals surface area contributed by atoms with Gasteiger partial charge in [0, 0.05) is 22.7 Å². The quantitative estimate of drug-likeness (QED) is 0.673. The van der Waals surface area contributed by atoms with Gasteiger partial charge in [0.1, 0.15) is 24.8 Å². The highest BCUT2D eigenvalue weighted by molar-refractivity contribution is 5.91. The first-order valence-electron chi connectivity index (χ1n) is 8.77. The lowest BCUT2D eigenvalue weighted by atomic mass is 10.00. The zero-order valence-corrected chi connectivity index (χ0v) is 14.3. The highest BCUT2D eigenvalue weighted by atomic mass is 19.1. The van der Waals surface area contributed by atoms with Crippen LogP contribution >= 0.6 is 0 Å². The van der Waals surface area contributed by atoms with Crippen molar-refractivity contribution in [3.8, 4) is 22.8 Å². The highest BCUT2D eigenvalue weighted by Crippen LogP contribution is 2.38. The lowest BCUT2D eigenvalue weighted by Crippen LogP contribution is -2.15. The van der Waals surface area contributed by atoms with Crippen molar-refractivity contribution in [2.75, 3.05) is 19.8 Å². The molecule has 2 heterocycles. The highest BCUT2D eigenvalue weighted by Gasteiger charge is 2.19. The van der Waals surface area contributed by atoms with Crippen LogP contribution in [0.2, 0.25) is 0 Å². The van der Waals surface area contributed by atoms with Gasteiger partial charge in [-0.25, -0.2) is 8.78 Å². The summed E-state index contributed by atoms with van der Waals surface area (Å²) in [6.45, 7) is 1.60. The van der Waals surface area contributed by atoms with Gasteiger partial charge >= 0.3 is 0 Å². The molecule has 26 heavy (non-hydrogen) atoms. The minimum Gasteiger partial charge on any atom is -0.486 e. The molecule has 4 nitrogen and oxygen atoms in total. The third-order valence-electron chi connectivity index (χ3n) is 4.64. The third-order valence-corrected chi connectivity index (χ3v) is 4.64. The van der Waals surface area contributed by atoms with Crippen LogP contribution in [0.15, 0.2) is 30.3 Å². The Morgan fingerprint density at radius 1 is 1.00 bits per heavy atom. The molecular weight excluding hydrogens is 338 g/mol. The van der Waals surface area contributed by atoms with Gasteiger partial charge in [-0.15, -0.1) is 0 Å². The first-order valence-corrected chi connectivity index (χ1v) is 8.77. The number of benzene rings is 2. The summed E-state index contributed by atoms with van der Waals surface area (Å²) in [5.74, 6) is 0.177. The average Bonchev–Trinajstić information content (AvgIpc) is 3.00. The summed E-state index contributed by atoms with van der Waals surface area (Å²) in [7, 11) is 0. The zero-order chi connectivity index (χ0) is 18.1. The van der Waals surface area contributed by atoms with Crippen LogP contribution in [0.1, 0.15) is 18.4 Å². The van der Waals surface area contributed by atoms with E-state index in [1.54, 1.807) is 0 Å². The Kier molecular flexibility index (Phi) is 4.51. The van der Waals surface area contributed by atoms with Crippen molar-refractivity contribution in [3.63, 3.8) is 0 Å². The van der Waals surface area contributed by atoms with E-state index in [1.165, 1.54) is 6.07 Å². The number of halogens is 2. The lowest BCUT2D eigenvalue weighted by molar-refractivity contribution is 0.171. The van der Waals surface area contributed by atoms with Crippen molar-refractivity contribution >= 4 is 10.9 Å². The van der Waals surface area contributed by atoms with Crippen molar-refractivity contribution in [3.05, 3.63) is 47.5 Å². The summed E-state index contributed by atoms with van der Waals surface area (Å²) < 4.78 is 39.3. The largest absolute Gasteiger partial charge is 0.486 e. The monoisotopic (exact) mass is 358 g/mol. The Bertz CT molecular complexity index is 953. The van der Waals surface area contributed by atoms with Crippen LogP contribution < -0.4 is 15.2 Å². The van der Waals surface area contributed by atoms with Gasteiger partial charge in [0.15, 0.2) is 11.5 Å². The van der Waals surface area contributed by atoms with E-state index in [9.17, 15) is 8.78 Å². The first kappa shape index (κ1) is 16.8. The minimum atomic E-state index is -0.594. The summed E-state index contributed by atoms with van der Waals surface area (Å²) in [5, 5.41) is 0.574. The number of rotatable bonds is 5. The third kappa shape index (κ3) is 3.01. The number of aromatic amines is 1. The molecule has 6 heteroatoms. The van der Waals surface area contributed by atoms with Gasteiger partial charge in [0.25, 0.3) is 0 Å². The number of hydrogen-bond donors (Lipinski definition) is 2. The van der Waals surface area contributed by atoms with Crippen LogP contribution in [0.5, 0.6) is 11.5 Å². The van der Waals surface area contributed by atoms with E-state index >= 15 is 0 Å². The SMILES string of the molecule is NCCCCc1c(-c2ccc3c(c2)OCCO3)[nH]c2c(F)cc(F)cc12. The van der Waals surface area contributed by atoms with Crippen molar-refractivity contribution in [2.45, 2.75) is 19.3 Å². The van der Waals surface area contributed by atoms with Gasteiger partial charge in [0.2, 0.25) is 0 Å².